The van der Waals surface area contributed by atoms with E-state index in [4.69, 9.17) is 4.74 Å². The fourth-order valence-electron chi connectivity index (χ4n) is 2.22. The number of amides is 1. The molecule has 2 aromatic carbocycles. The van der Waals surface area contributed by atoms with E-state index < -0.39 is 6.10 Å². The maximum atomic E-state index is 12.0. The fourth-order valence-corrected chi connectivity index (χ4v) is 2.22. The van der Waals surface area contributed by atoms with Crippen LogP contribution in [0.1, 0.15) is 0 Å². The second kappa shape index (κ2) is 5.38. The van der Waals surface area contributed by atoms with Gasteiger partial charge in [0.15, 0.2) is 0 Å². The second-order valence-corrected chi connectivity index (χ2v) is 4.61. The summed E-state index contributed by atoms with van der Waals surface area (Å²) in [6, 6.07) is 14.0. The molecule has 1 heterocycles. The van der Waals surface area contributed by atoms with Crippen LogP contribution in [0.5, 0.6) is 0 Å². The van der Waals surface area contributed by atoms with Gasteiger partial charge in [0.05, 0.1) is 6.61 Å². The van der Waals surface area contributed by atoms with E-state index in [9.17, 15) is 4.79 Å². The average molecular weight is 256 g/mol. The molecule has 1 aliphatic heterocycles. The van der Waals surface area contributed by atoms with E-state index in [1.165, 1.54) is 0 Å². The standard InChI is InChI=1S/C15H16N2O2/c18-15(14-10-16-7-8-19-14)17-13-6-5-11-3-1-2-4-12(11)9-13/h1-6,9,14,16H,7-8,10H2,(H,17,18). The molecule has 2 N–H and O–H groups in total. The molecular formula is C15H16N2O2. The molecule has 1 amide bonds. The largest absolute Gasteiger partial charge is 0.366 e. The lowest BCUT2D eigenvalue weighted by Crippen LogP contribution is -2.45. The van der Waals surface area contributed by atoms with Crippen LogP contribution in [0.3, 0.4) is 0 Å². The molecule has 1 saturated heterocycles. The third-order valence-electron chi connectivity index (χ3n) is 3.24. The van der Waals surface area contributed by atoms with Gasteiger partial charge in [0, 0.05) is 18.8 Å². The number of rotatable bonds is 2. The Kier molecular flexibility index (Phi) is 3.44. The summed E-state index contributed by atoms with van der Waals surface area (Å²) >= 11 is 0. The highest BCUT2D eigenvalue weighted by atomic mass is 16.5. The van der Waals surface area contributed by atoms with E-state index in [1.807, 2.05) is 36.4 Å². The molecule has 1 aliphatic rings. The quantitative estimate of drug-likeness (QED) is 0.861. The third-order valence-corrected chi connectivity index (χ3v) is 3.24. The van der Waals surface area contributed by atoms with Gasteiger partial charge in [-0.05, 0) is 22.9 Å². The smallest absolute Gasteiger partial charge is 0.254 e. The molecule has 0 radical (unpaired) electrons. The number of hydrogen-bond acceptors (Lipinski definition) is 3. The summed E-state index contributed by atoms with van der Waals surface area (Å²) in [6.07, 6.45) is -0.403. The van der Waals surface area contributed by atoms with Crippen LogP contribution < -0.4 is 10.6 Å². The summed E-state index contributed by atoms with van der Waals surface area (Å²) in [7, 11) is 0. The lowest BCUT2D eigenvalue weighted by molar-refractivity contribution is -0.128. The summed E-state index contributed by atoms with van der Waals surface area (Å²) in [6.45, 7) is 1.95. The lowest BCUT2D eigenvalue weighted by Gasteiger charge is -2.22. The third kappa shape index (κ3) is 2.75. The molecule has 0 saturated carbocycles. The van der Waals surface area contributed by atoms with Crippen molar-refractivity contribution in [2.24, 2.45) is 0 Å². The molecule has 0 aromatic heterocycles. The zero-order valence-corrected chi connectivity index (χ0v) is 10.6. The molecule has 0 bridgehead atoms. The summed E-state index contributed by atoms with van der Waals surface area (Å²) < 4.78 is 5.42. The van der Waals surface area contributed by atoms with Gasteiger partial charge in [0.2, 0.25) is 0 Å². The van der Waals surface area contributed by atoms with E-state index >= 15 is 0 Å². The number of benzene rings is 2. The molecule has 1 atom stereocenters. The normalized spacial score (nSPS) is 19.3. The van der Waals surface area contributed by atoms with Gasteiger partial charge in [-0.15, -0.1) is 0 Å². The van der Waals surface area contributed by atoms with Crippen molar-refractivity contribution in [3.05, 3.63) is 42.5 Å². The van der Waals surface area contributed by atoms with Crippen LogP contribution in [0.2, 0.25) is 0 Å². The number of carbonyl (C=O) groups excluding carboxylic acids is 1. The molecule has 3 rings (SSSR count). The molecule has 0 spiro atoms. The highest BCUT2D eigenvalue weighted by Crippen LogP contribution is 2.19. The zero-order valence-electron chi connectivity index (χ0n) is 10.6. The average Bonchev–Trinajstić information content (AvgIpc) is 2.48. The van der Waals surface area contributed by atoms with E-state index in [2.05, 4.69) is 16.7 Å². The number of hydrogen-bond donors (Lipinski definition) is 2. The SMILES string of the molecule is O=C(Nc1ccc2ccccc2c1)C1CNCCO1. The first-order valence-corrected chi connectivity index (χ1v) is 6.45. The topological polar surface area (TPSA) is 50.4 Å². The first-order chi connectivity index (χ1) is 9.33. The second-order valence-electron chi connectivity index (χ2n) is 4.61. The van der Waals surface area contributed by atoms with Crippen LogP contribution in [0.4, 0.5) is 5.69 Å². The Labute approximate surface area is 111 Å². The van der Waals surface area contributed by atoms with Gasteiger partial charge < -0.3 is 15.4 Å². The minimum Gasteiger partial charge on any atom is -0.366 e. The van der Waals surface area contributed by atoms with Crippen LogP contribution >= 0.6 is 0 Å². The molecule has 0 aliphatic carbocycles. The van der Waals surface area contributed by atoms with Gasteiger partial charge in [0.25, 0.3) is 5.91 Å². The van der Waals surface area contributed by atoms with Crippen molar-refractivity contribution in [2.75, 3.05) is 25.0 Å². The van der Waals surface area contributed by atoms with Gasteiger partial charge in [-0.3, -0.25) is 4.79 Å². The summed E-state index contributed by atoms with van der Waals surface area (Å²) in [5.41, 5.74) is 0.804. The van der Waals surface area contributed by atoms with Crippen LogP contribution in [0, 0.1) is 0 Å². The van der Waals surface area contributed by atoms with Crippen molar-refractivity contribution < 1.29 is 9.53 Å². The maximum absolute atomic E-state index is 12.0. The predicted octanol–water partition coefficient (Wildman–Crippen LogP) is 1.77. The van der Waals surface area contributed by atoms with Crippen LogP contribution in [-0.4, -0.2) is 31.7 Å². The van der Waals surface area contributed by atoms with Gasteiger partial charge in [-0.2, -0.15) is 0 Å². The summed E-state index contributed by atoms with van der Waals surface area (Å²) in [5, 5.41) is 8.32. The van der Waals surface area contributed by atoms with E-state index in [0.717, 1.165) is 23.0 Å². The minimum atomic E-state index is -0.403. The Morgan fingerprint density at radius 3 is 2.84 bits per heavy atom. The molecule has 98 valence electrons. The van der Waals surface area contributed by atoms with Crippen molar-refractivity contribution in [1.29, 1.82) is 0 Å². The van der Waals surface area contributed by atoms with Gasteiger partial charge in [-0.1, -0.05) is 30.3 Å². The van der Waals surface area contributed by atoms with Crippen LogP contribution in [-0.2, 0) is 9.53 Å². The van der Waals surface area contributed by atoms with Gasteiger partial charge in [-0.25, -0.2) is 0 Å². The molecule has 1 unspecified atom stereocenters. The highest BCUT2D eigenvalue weighted by Gasteiger charge is 2.21. The Bertz CT molecular complexity index is 591. The van der Waals surface area contributed by atoms with Crippen molar-refractivity contribution in [3.8, 4) is 0 Å². The predicted molar refractivity (Wildman–Crippen MR) is 75.2 cm³/mol. The number of anilines is 1. The lowest BCUT2D eigenvalue weighted by atomic mass is 10.1. The molecule has 19 heavy (non-hydrogen) atoms. The number of ether oxygens (including phenoxy) is 1. The Morgan fingerprint density at radius 2 is 2.05 bits per heavy atom. The maximum Gasteiger partial charge on any atom is 0.254 e. The number of fused-ring (bicyclic) bond motifs is 1. The monoisotopic (exact) mass is 256 g/mol. The number of nitrogens with one attached hydrogen (secondary N) is 2. The van der Waals surface area contributed by atoms with E-state index in [0.29, 0.717) is 13.2 Å². The van der Waals surface area contributed by atoms with Crippen molar-refractivity contribution in [1.82, 2.24) is 5.32 Å². The summed E-state index contributed by atoms with van der Waals surface area (Å²) in [5.74, 6) is -0.0949. The Hall–Kier alpha value is -1.91. The minimum absolute atomic E-state index is 0.0949. The van der Waals surface area contributed by atoms with Crippen LogP contribution in [0.15, 0.2) is 42.5 Å². The first-order valence-electron chi connectivity index (χ1n) is 6.45. The Balaban J connectivity index is 1.75. The van der Waals surface area contributed by atoms with Gasteiger partial charge >= 0.3 is 0 Å². The molecule has 4 heteroatoms. The van der Waals surface area contributed by atoms with Crippen molar-refractivity contribution >= 4 is 22.4 Å². The number of morpholine rings is 1. The van der Waals surface area contributed by atoms with Crippen molar-refractivity contribution in [2.45, 2.75) is 6.10 Å². The number of carbonyl (C=O) groups is 1. The highest BCUT2D eigenvalue weighted by molar-refractivity contribution is 5.96. The molecule has 4 nitrogen and oxygen atoms in total. The van der Waals surface area contributed by atoms with E-state index in [-0.39, 0.29) is 5.91 Å². The fraction of sp³-hybridized carbons (Fsp3) is 0.267. The molecule has 2 aromatic rings. The van der Waals surface area contributed by atoms with Crippen LogP contribution in [0.25, 0.3) is 10.8 Å². The first kappa shape index (κ1) is 12.1. The molecule has 1 fully saturated rings. The van der Waals surface area contributed by atoms with Gasteiger partial charge in [0.1, 0.15) is 6.10 Å². The van der Waals surface area contributed by atoms with Crippen molar-refractivity contribution in [3.63, 3.8) is 0 Å². The Morgan fingerprint density at radius 1 is 1.21 bits per heavy atom. The van der Waals surface area contributed by atoms with E-state index in [1.54, 1.807) is 0 Å². The summed E-state index contributed by atoms with van der Waals surface area (Å²) in [4.78, 5) is 12.0. The molecular weight excluding hydrogens is 240 g/mol. The zero-order chi connectivity index (χ0) is 13.1.